The van der Waals surface area contributed by atoms with E-state index in [0.29, 0.717) is 6.04 Å². The topological polar surface area (TPSA) is 29.9 Å². The Morgan fingerprint density at radius 1 is 1.37 bits per heavy atom. The van der Waals surface area contributed by atoms with Gasteiger partial charge in [0.25, 0.3) is 0 Å². The first-order chi connectivity index (χ1) is 9.15. The summed E-state index contributed by atoms with van der Waals surface area (Å²) in [5, 5.41) is 7.98. The Hall–Kier alpha value is -1.61. The molecule has 1 aliphatic carbocycles. The van der Waals surface area contributed by atoms with Gasteiger partial charge in [0.1, 0.15) is 0 Å². The largest absolute Gasteiger partial charge is 0.306 e. The van der Waals surface area contributed by atoms with E-state index in [2.05, 4.69) is 42.5 Å². The van der Waals surface area contributed by atoms with Crippen molar-refractivity contribution in [2.45, 2.75) is 39.3 Å². The molecule has 19 heavy (non-hydrogen) atoms. The Labute approximate surface area is 114 Å². The standard InChI is InChI=1S/C16H21N3/c1-11-4-5-13-6-7-16(15(13)8-11)17-9-14-10-18-19(3)12(14)2/h4-5,8,10,16-17H,6-7,9H2,1-3H3. The van der Waals surface area contributed by atoms with E-state index >= 15 is 0 Å². The Morgan fingerprint density at radius 3 is 2.95 bits per heavy atom. The fourth-order valence-electron chi connectivity index (χ4n) is 2.88. The van der Waals surface area contributed by atoms with Gasteiger partial charge in [-0.2, -0.15) is 5.10 Å². The molecule has 0 radical (unpaired) electrons. The minimum Gasteiger partial charge on any atom is -0.306 e. The van der Waals surface area contributed by atoms with Crippen LogP contribution in [0, 0.1) is 13.8 Å². The summed E-state index contributed by atoms with van der Waals surface area (Å²) in [5.74, 6) is 0. The molecule has 0 saturated carbocycles. The molecule has 2 aromatic rings. The minimum absolute atomic E-state index is 0.495. The second-order valence-corrected chi connectivity index (χ2v) is 5.55. The van der Waals surface area contributed by atoms with Crippen LogP contribution in [0.4, 0.5) is 0 Å². The van der Waals surface area contributed by atoms with E-state index in [9.17, 15) is 0 Å². The highest BCUT2D eigenvalue weighted by atomic mass is 15.3. The number of hydrogen-bond acceptors (Lipinski definition) is 2. The predicted molar refractivity (Wildman–Crippen MR) is 77.0 cm³/mol. The molecule has 0 aliphatic heterocycles. The predicted octanol–water partition coefficient (Wildman–Crippen LogP) is 2.81. The number of fused-ring (bicyclic) bond motifs is 1. The Bertz CT molecular complexity index is 598. The van der Waals surface area contributed by atoms with Gasteiger partial charge in [-0.3, -0.25) is 4.68 Å². The molecule has 3 heteroatoms. The summed E-state index contributed by atoms with van der Waals surface area (Å²) in [6, 6.07) is 7.32. The molecule has 3 nitrogen and oxygen atoms in total. The first kappa shape index (κ1) is 12.4. The van der Waals surface area contributed by atoms with E-state index in [1.54, 1.807) is 0 Å². The molecular formula is C16H21N3. The van der Waals surface area contributed by atoms with E-state index in [1.807, 2.05) is 17.9 Å². The summed E-state index contributed by atoms with van der Waals surface area (Å²) in [6.45, 7) is 5.19. The van der Waals surface area contributed by atoms with Crippen molar-refractivity contribution >= 4 is 0 Å². The monoisotopic (exact) mass is 255 g/mol. The van der Waals surface area contributed by atoms with Crippen LogP contribution >= 0.6 is 0 Å². The van der Waals surface area contributed by atoms with Crippen molar-refractivity contribution < 1.29 is 0 Å². The van der Waals surface area contributed by atoms with Gasteiger partial charge in [-0.15, -0.1) is 0 Å². The fraction of sp³-hybridized carbons (Fsp3) is 0.438. The van der Waals surface area contributed by atoms with Crippen molar-refractivity contribution in [1.82, 2.24) is 15.1 Å². The molecule has 1 unspecified atom stereocenters. The molecule has 1 aliphatic rings. The molecule has 1 atom stereocenters. The maximum absolute atomic E-state index is 4.30. The SMILES string of the molecule is Cc1ccc2c(c1)C(NCc1cnn(C)c1C)CC2. The third-order valence-electron chi connectivity index (χ3n) is 4.25. The van der Waals surface area contributed by atoms with E-state index in [1.165, 1.54) is 40.8 Å². The van der Waals surface area contributed by atoms with Crippen molar-refractivity contribution in [2.75, 3.05) is 0 Å². The molecule has 1 N–H and O–H groups in total. The third-order valence-corrected chi connectivity index (χ3v) is 4.25. The Balaban J connectivity index is 1.73. The van der Waals surface area contributed by atoms with Crippen LogP contribution < -0.4 is 5.32 Å². The Morgan fingerprint density at radius 2 is 2.21 bits per heavy atom. The minimum atomic E-state index is 0.495. The van der Waals surface area contributed by atoms with E-state index in [0.717, 1.165) is 6.54 Å². The molecule has 0 bridgehead atoms. The molecule has 0 fully saturated rings. The second kappa shape index (κ2) is 4.82. The smallest absolute Gasteiger partial charge is 0.0537 e. The molecule has 1 heterocycles. The molecule has 100 valence electrons. The highest BCUT2D eigenvalue weighted by Crippen LogP contribution is 2.32. The number of benzene rings is 1. The molecule has 0 saturated heterocycles. The van der Waals surface area contributed by atoms with Gasteiger partial charge in [-0.05, 0) is 37.8 Å². The molecule has 1 aromatic carbocycles. The van der Waals surface area contributed by atoms with Gasteiger partial charge in [-0.25, -0.2) is 0 Å². The molecule has 0 spiro atoms. The zero-order valence-electron chi connectivity index (χ0n) is 11.9. The van der Waals surface area contributed by atoms with E-state index < -0.39 is 0 Å². The zero-order valence-corrected chi connectivity index (χ0v) is 11.9. The van der Waals surface area contributed by atoms with Gasteiger partial charge in [0, 0.05) is 30.9 Å². The van der Waals surface area contributed by atoms with Gasteiger partial charge in [0.05, 0.1) is 6.20 Å². The highest BCUT2D eigenvalue weighted by Gasteiger charge is 2.22. The first-order valence-corrected chi connectivity index (χ1v) is 6.95. The van der Waals surface area contributed by atoms with Crippen LogP contribution in [0.15, 0.2) is 24.4 Å². The Kier molecular flexibility index (Phi) is 3.15. The van der Waals surface area contributed by atoms with E-state index in [-0.39, 0.29) is 0 Å². The van der Waals surface area contributed by atoms with Crippen LogP contribution in [0.5, 0.6) is 0 Å². The van der Waals surface area contributed by atoms with Gasteiger partial charge in [0.2, 0.25) is 0 Å². The maximum Gasteiger partial charge on any atom is 0.0537 e. The van der Waals surface area contributed by atoms with Crippen molar-refractivity contribution in [3.8, 4) is 0 Å². The lowest BCUT2D eigenvalue weighted by atomic mass is 10.0. The fourth-order valence-corrected chi connectivity index (χ4v) is 2.88. The van der Waals surface area contributed by atoms with Gasteiger partial charge in [0.15, 0.2) is 0 Å². The number of aromatic nitrogens is 2. The number of aryl methyl sites for hydroxylation is 3. The van der Waals surface area contributed by atoms with Crippen LogP contribution in [0.25, 0.3) is 0 Å². The summed E-state index contributed by atoms with van der Waals surface area (Å²) >= 11 is 0. The van der Waals surface area contributed by atoms with Crippen molar-refractivity contribution in [3.05, 3.63) is 52.3 Å². The average Bonchev–Trinajstić information content (AvgIpc) is 2.93. The maximum atomic E-state index is 4.30. The van der Waals surface area contributed by atoms with Crippen molar-refractivity contribution in [2.24, 2.45) is 7.05 Å². The lowest BCUT2D eigenvalue weighted by Gasteiger charge is -2.14. The number of rotatable bonds is 3. The molecular weight excluding hydrogens is 234 g/mol. The summed E-state index contributed by atoms with van der Waals surface area (Å²) < 4.78 is 1.93. The van der Waals surface area contributed by atoms with Crippen LogP contribution in [0.1, 0.15) is 40.4 Å². The zero-order chi connectivity index (χ0) is 13.4. The van der Waals surface area contributed by atoms with Crippen LogP contribution in [-0.4, -0.2) is 9.78 Å². The van der Waals surface area contributed by atoms with Crippen LogP contribution in [-0.2, 0) is 20.0 Å². The summed E-state index contributed by atoms with van der Waals surface area (Å²) in [4.78, 5) is 0. The quantitative estimate of drug-likeness (QED) is 0.914. The number of hydrogen-bond donors (Lipinski definition) is 1. The van der Waals surface area contributed by atoms with Gasteiger partial charge < -0.3 is 5.32 Å². The van der Waals surface area contributed by atoms with Gasteiger partial charge in [-0.1, -0.05) is 23.8 Å². The molecule has 1 aromatic heterocycles. The summed E-state index contributed by atoms with van der Waals surface area (Å²) in [6.07, 6.45) is 4.37. The van der Waals surface area contributed by atoms with Crippen molar-refractivity contribution in [1.29, 1.82) is 0 Å². The molecule has 3 rings (SSSR count). The normalized spacial score (nSPS) is 17.7. The van der Waals surface area contributed by atoms with Gasteiger partial charge >= 0.3 is 0 Å². The number of nitrogens with zero attached hydrogens (tertiary/aromatic N) is 2. The van der Waals surface area contributed by atoms with Crippen LogP contribution in [0.3, 0.4) is 0 Å². The number of nitrogens with one attached hydrogen (secondary N) is 1. The summed E-state index contributed by atoms with van der Waals surface area (Å²) in [5.41, 5.74) is 6.89. The lowest BCUT2D eigenvalue weighted by Crippen LogP contribution is -2.19. The third kappa shape index (κ3) is 2.30. The summed E-state index contributed by atoms with van der Waals surface area (Å²) in [7, 11) is 1.99. The molecule has 0 amide bonds. The van der Waals surface area contributed by atoms with Crippen LogP contribution in [0.2, 0.25) is 0 Å². The first-order valence-electron chi connectivity index (χ1n) is 6.95. The lowest BCUT2D eigenvalue weighted by molar-refractivity contribution is 0.528. The van der Waals surface area contributed by atoms with Crippen molar-refractivity contribution in [3.63, 3.8) is 0 Å². The average molecular weight is 255 g/mol. The second-order valence-electron chi connectivity index (χ2n) is 5.55. The van der Waals surface area contributed by atoms with E-state index in [4.69, 9.17) is 0 Å². The highest BCUT2D eigenvalue weighted by molar-refractivity contribution is 5.37.